The molecule has 0 radical (unpaired) electrons. The van der Waals surface area contributed by atoms with Crippen molar-refractivity contribution in [3.63, 3.8) is 0 Å². The first-order chi connectivity index (χ1) is 12.3. The van der Waals surface area contributed by atoms with Gasteiger partial charge in [0.1, 0.15) is 0 Å². The molecule has 1 amide bonds. The molecule has 1 aromatic carbocycles. The molecule has 2 fully saturated rings. The molecule has 2 aliphatic rings. The molecule has 1 saturated carbocycles. The predicted molar refractivity (Wildman–Crippen MR) is 109 cm³/mol. The minimum atomic E-state index is -0.254. The fraction of sp³-hybridized carbons (Fsp3) is 0.696. The van der Waals surface area contributed by atoms with E-state index in [1.165, 1.54) is 30.5 Å². The van der Waals surface area contributed by atoms with Crippen LogP contribution in [-0.4, -0.2) is 36.5 Å². The first kappa shape index (κ1) is 19.4. The topological polar surface area (TPSA) is 32.3 Å². The molecule has 3 heteroatoms. The number of carbonyl (C=O) groups is 1. The Morgan fingerprint density at radius 1 is 1.15 bits per heavy atom. The lowest BCUT2D eigenvalue weighted by Crippen LogP contribution is -2.47. The summed E-state index contributed by atoms with van der Waals surface area (Å²) in [5.74, 6) is 0.257. The van der Waals surface area contributed by atoms with E-state index < -0.39 is 0 Å². The number of rotatable bonds is 6. The van der Waals surface area contributed by atoms with Gasteiger partial charge in [-0.25, -0.2) is 0 Å². The number of piperidine rings is 1. The molecule has 3 rings (SSSR count). The predicted octanol–water partition coefficient (Wildman–Crippen LogP) is 4.40. The van der Waals surface area contributed by atoms with E-state index >= 15 is 0 Å². The summed E-state index contributed by atoms with van der Waals surface area (Å²) < 4.78 is 0. The number of hydrogen-bond donors (Lipinski definition) is 1. The number of hydrogen-bond acceptors (Lipinski definition) is 2. The normalized spacial score (nSPS) is 20.8. The van der Waals surface area contributed by atoms with E-state index in [0.29, 0.717) is 6.04 Å². The molecule has 1 aromatic rings. The molecule has 0 aromatic heterocycles. The Hall–Kier alpha value is -1.35. The van der Waals surface area contributed by atoms with Crippen molar-refractivity contribution < 1.29 is 4.79 Å². The second kappa shape index (κ2) is 7.72. The lowest BCUT2D eigenvalue weighted by Gasteiger charge is -2.33. The van der Waals surface area contributed by atoms with Crippen LogP contribution >= 0.6 is 0 Å². The minimum Gasteiger partial charge on any atom is -0.353 e. The van der Waals surface area contributed by atoms with Gasteiger partial charge in [-0.1, -0.05) is 58.4 Å². The van der Waals surface area contributed by atoms with E-state index in [0.717, 1.165) is 38.8 Å². The van der Waals surface area contributed by atoms with Crippen molar-refractivity contribution in [1.29, 1.82) is 0 Å². The van der Waals surface area contributed by atoms with Crippen molar-refractivity contribution in [3.05, 3.63) is 35.4 Å². The summed E-state index contributed by atoms with van der Waals surface area (Å²) in [5, 5.41) is 3.38. The number of unbranched alkanes of at least 4 members (excludes halogenated alkanes) is 1. The molecule has 1 heterocycles. The summed E-state index contributed by atoms with van der Waals surface area (Å²) in [6, 6.07) is 9.12. The highest BCUT2D eigenvalue weighted by Crippen LogP contribution is 2.48. The Morgan fingerprint density at radius 3 is 2.27 bits per heavy atom. The standard InChI is InChI=1S/C23H36N2O/c1-5-6-15-25-16-11-20(12-17-25)24-21(26)23(13-14-23)19-9-7-18(8-10-19)22(2,3)4/h7-10,20H,5-6,11-17H2,1-4H3,(H,24,26). The van der Waals surface area contributed by atoms with Crippen molar-refractivity contribution in [3.8, 4) is 0 Å². The Kier molecular flexibility index (Phi) is 5.76. The van der Waals surface area contributed by atoms with Crippen LogP contribution in [0.5, 0.6) is 0 Å². The molecule has 0 spiro atoms. The van der Waals surface area contributed by atoms with Crippen molar-refractivity contribution in [2.75, 3.05) is 19.6 Å². The average molecular weight is 357 g/mol. The van der Waals surface area contributed by atoms with Crippen LogP contribution in [0, 0.1) is 0 Å². The highest BCUT2D eigenvalue weighted by molar-refractivity contribution is 5.91. The van der Waals surface area contributed by atoms with Gasteiger partial charge in [0, 0.05) is 19.1 Å². The summed E-state index contributed by atoms with van der Waals surface area (Å²) in [6.45, 7) is 12.4. The zero-order valence-electron chi connectivity index (χ0n) is 17.1. The molecule has 26 heavy (non-hydrogen) atoms. The zero-order valence-corrected chi connectivity index (χ0v) is 17.1. The van der Waals surface area contributed by atoms with E-state index in [-0.39, 0.29) is 16.7 Å². The molecule has 0 unspecified atom stereocenters. The highest BCUT2D eigenvalue weighted by Gasteiger charge is 2.51. The van der Waals surface area contributed by atoms with E-state index in [1.54, 1.807) is 0 Å². The quantitative estimate of drug-likeness (QED) is 0.819. The van der Waals surface area contributed by atoms with Gasteiger partial charge in [0.05, 0.1) is 5.41 Å². The average Bonchev–Trinajstić information content (AvgIpc) is 3.42. The van der Waals surface area contributed by atoms with Gasteiger partial charge in [-0.15, -0.1) is 0 Å². The monoisotopic (exact) mass is 356 g/mol. The molecule has 144 valence electrons. The number of nitrogens with one attached hydrogen (secondary N) is 1. The molecule has 1 saturated heterocycles. The lowest BCUT2D eigenvalue weighted by atomic mass is 9.84. The van der Waals surface area contributed by atoms with Crippen LogP contribution in [0.2, 0.25) is 0 Å². The number of nitrogens with zero attached hydrogens (tertiary/aromatic N) is 1. The van der Waals surface area contributed by atoms with Gasteiger partial charge in [0.25, 0.3) is 0 Å². The third-order valence-electron chi connectivity index (χ3n) is 6.24. The molecule has 0 atom stereocenters. The van der Waals surface area contributed by atoms with Gasteiger partial charge in [0.15, 0.2) is 0 Å². The molecule has 1 aliphatic heterocycles. The van der Waals surface area contributed by atoms with Gasteiger partial charge >= 0.3 is 0 Å². The molecular weight excluding hydrogens is 320 g/mol. The van der Waals surface area contributed by atoms with Crippen molar-refractivity contribution in [2.45, 2.75) is 83.1 Å². The smallest absolute Gasteiger partial charge is 0.230 e. The second-order valence-electron chi connectivity index (χ2n) is 9.35. The Balaban J connectivity index is 1.56. The fourth-order valence-corrected chi connectivity index (χ4v) is 4.07. The van der Waals surface area contributed by atoms with E-state index in [2.05, 4.69) is 62.2 Å². The Morgan fingerprint density at radius 2 is 1.77 bits per heavy atom. The zero-order chi connectivity index (χ0) is 18.8. The maximum Gasteiger partial charge on any atom is 0.230 e. The van der Waals surface area contributed by atoms with Gasteiger partial charge in [0.2, 0.25) is 5.91 Å². The lowest BCUT2D eigenvalue weighted by molar-refractivity contribution is -0.124. The summed E-state index contributed by atoms with van der Waals surface area (Å²) in [6.07, 6.45) is 6.70. The molecule has 3 nitrogen and oxygen atoms in total. The summed E-state index contributed by atoms with van der Waals surface area (Å²) in [7, 11) is 0. The van der Waals surface area contributed by atoms with Crippen LogP contribution in [-0.2, 0) is 15.6 Å². The third-order valence-corrected chi connectivity index (χ3v) is 6.24. The van der Waals surface area contributed by atoms with Gasteiger partial charge in [-0.05, 0) is 55.2 Å². The number of benzene rings is 1. The van der Waals surface area contributed by atoms with Crippen molar-refractivity contribution >= 4 is 5.91 Å². The first-order valence-electron chi connectivity index (χ1n) is 10.5. The summed E-state index contributed by atoms with van der Waals surface area (Å²) in [4.78, 5) is 15.6. The van der Waals surface area contributed by atoms with Crippen LogP contribution in [0.25, 0.3) is 0 Å². The Bertz CT molecular complexity index is 602. The van der Waals surface area contributed by atoms with Crippen LogP contribution in [0.3, 0.4) is 0 Å². The highest BCUT2D eigenvalue weighted by atomic mass is 16.2. The Labute approximate surface area is 159 Å². The van der Waals surface area contributed by atoms with E-state index in [1.807, 2.05) is 0 Å². The number of likely N-dealkylation sites (tertiary alicyclic amines) is 1. The van der Waals surface area contributed by atoms with Gasteiger partial charge in [-0.2, -0.15) is 0 Å². The largest absolute Gasteiger partial charge is 0.353 e. The third kappa shape index (κ3) is 4.31. The summed E-state index contributed by atoms with van der Waals surface area (Å²) in [5.41, 5.74) is 2.43. The maximum atomic E-state index is 13.0. The van der Waals surface area contributed by atoms with Crippen LogP contribution < -0.4 is 5.32 Å². The number of amides is 1. The van der Waals surface area contributed by atoms with Crippen molar-refractivity contribution in [2.24, 2.45) is 0 Å². The molecule has 0 bridgehead atoms. The minimum absolute atomic E-state index is 0.156. The molecule has 1 N–H and O–H groups in total. The van der Waals surface area contributed by atoms with E-state index in [4.69, 9.17) is 0 Å². The van der Waals surface area contributed by atoms with Gasteiger partial charge in [-0.3, -0.25) is 4.79 Å². The fourth-order valence-electron chi connectivity index (χ4n) is 4.07. The molecular formula is C23H36N2O. The van der Waals surface area contributed by atoms with E-state index in [9.17, 15) is 4.79 Å². The second-order valence-corrected chi connectivity index (χ2v) is 9.35. The SMILES string of the molecule is CCCCN1CCC(NC(=O)C2(c3ccc(C(C)(C)C)cc3)CC2)CC1. The first-order valence-corrected chi connectivity index (χ1v) is 10.5. The maximum absolute atomic E-state index is 13.0. The van der Waals surface area contributed by atoms with Crippen molar-refractivity contribution in [1.82, 2.24) is 10.2 Å². The molecule has 1 aliphatic carbocycles. The van der Waals surface area contributed by atoms with Crippen LogP contribution in [0.4, 0.5) is 0 Å². The van der Waals surface area contributed by atoms with Crippen LogP contribution in [0.1, 0.15) is 77.3 Å². The summed E-state index contributed by atoms with van der Waals surface area (Å²) >= 11 is 0. The number of carbonyl (C=O) groups excluding carboxylic acids is 1. The van der Waals surface area contributed by atoms with Gasteiger partial charge < -0.3 is 10.2 Å². The van der Waals surface area contributed by atoms with Crippen LogP contribution in [0.15, 0.2) is 24.3 Å².